The Bertz CT molecular complexity index is 417. The zero-order chi connectivity index (χ0) is 13.9. The molecule has 3 heteroatoms. The van der Waals surface area contributed by atoms with E-state index in [4.69, 9.17) is 4.74 Å². The maximum absolute atomic E-state index is 5.41. The molecule has 0 spiro atoms. The summed E-state index contributed by atoms with van der Waals surface area (Å²) in [6.07, 6.45) is 2.26. The van der Waals surface area contributed by atoms with Crippen molar-refractivity contribution < 1.29 is 4.74 Å². The molecule has 19 heavy (non-hydrogen) atoms. The SMILES string of the molecule is COc1ccccc1CCN(C)C1CNC(C)(C)C1. The van der Waals surface area contributed by atoms with Gasteiger partial charge in [0.05, 0.1) is 7.11 Å². The lowest BCUT2D eigenvalue weighted by molar-refractivity contribution is 0.250. The lowest BCUT2D eigenvalue weighted by Gasteiger charge is -2.25. The fraction of sp³-hybridized carbons (Fsp3) is 0.625. The number of para-hydroxylation sites is 1. The summed E-state index contributed by atoms with van der Waals surface area (Å²) >= 11 is 0. The first kappa shape index (κ1) is 14.4. The van der Waals surface area contributed by atoms with E-state index in [-0.39, 0.29) is 5.54 Å². The fourth-order valence-electron chi connectivity index (χ4n) is 2.83. The topological polar surface area (TPSA) is 24.5 Å². The standard InChI is InChI=1S/C16H26N2O/c1-16(2)11-14(12-17-16)18(3)10-9-13-7-5-6-8-15(13)19-4/h5-8,14,17H,9-12H2,1-4H3. The van der Waals surface area contributed by atoms with Crippen molar-refractivity contribution in [3.8, 4) is 5.75 Å². The maximum Gasteiger partial charge on any atom is 0.122 e. The molecule has 1 atom stereocenters. The minimum absolute atomic E-state index is 0.281. The van der Waals surface area contributed by atoms with E-state index < -0.39 is 0 Å². The second kappa shape index (κ2) is 5.93. The number of likely N-dealkylation sites (N-methyl/N-ethyl adjacent to an activating group) is 1. The number of nitrogens with zero attached hydrogens (tertiary/aromatic N) is 1. The second-order valence-corrected chi connectivity index (χ2v) is 6.17. The van der Waals surface area contributed by atoms with Crippen LogP contribution < -0.4 is 10.1 Å². The lowest BCUT2D eigenvalue weighted by Crippen LogP contribution is -2.34. The van der Waals surface area contributed by atoms with E-state index in [1.54, 1.807) is 7.11 Å². The molecule has 0 bridgehead atoms. The number of rotatable bonds is 5. The van der Waals surface area contributed by atoms with Crippen LogP contribution in [0.1, 0.15) is 25.8 Å². The highest BCUT2D eigenvalue weighted by atomic mass is 16.5. The van der Waals surface area contributed by atoms with E-state index in [0.29, 0.717) is 6.04 Å². The summed E-state index contributed by atoms with van der Waals surface area (Å²) in [7, 11) is 3.97. The summed E-state index contributed by atoms with van der Waals surface area (Å²) in [5, 5.41) is 3.58. The average Bonchev–Trinajstić information content (AvgIpc) is 2.76. The smallest absolute Gasteiger partial charge is 0.122 e. The van der Waals surface area contributed by atoms with E-state index in [9.17, 15) is 0 Å². The van der Waals surface area contributed by atoms with E-state index in [1.807, 2.05) is 12.1 Å². The molecule has 0 saturated carbocycles. The Kier molecular flexibility index (Phi) is 4.48. The largest absolute Gasteiger partial charge is 0.496 e. The second-order valence-electron chi connectivity index (χ2n) is 6.17. The summed E-state index contributed by atoms with van der Waals surface area (Å²) in [6, 6.07) is 8.94. The molecule has 1 aromatic rings. The summed E-state index contributed by atoms with van der Waals surface area (Å²) in [4.78, 5) is 2.47. The number of nitrogens with one attached hydrogen (secondary N) is 1. The van der Waals surface area contributed by atoms with E-state index in [0.717, 1.165) is 25.3 Å². The van der Waals surface area contributed by atoms with Crippen molar-refractivity contribution in [1.82, 2.24) is 10.2 Å². The Balaban J connectivity index is 1.88. The van der Waals surface area contributed by atoms with Gasteiger partial charge in [0.1, 0.15) is 5.75 Å². The monoisotopic (exact) mass is 262 g/mol. The highest BCUT2D eigenvalue weighted by Crippen LogP contribution is 2.22. The molecule has 0 radical (unpaired) electrons. The predicted molar refractivity (Wildman–Crippen MR) is 79.8 cm³/mol. The van der Waals surface area contributed by atoms with E-state index in [2.05, 4.69) is 43.2 Å². The quantitative estimate of drug-likeness (QED) is 0.881. The van der Waals surface area contributed by atoms with Crippen molar-refractivity contribution in [2.75, 3.05) is 27.2 Å². The van der Waals surface area contributed by atoms with E-state index >= 15 is 0 Å². The third-order valence-electron chi connectivity index (χ3n) is 4.11. The van der Waals surface area contributed by atoms with Gasteiger partial charge in [-0.1, -0.05) is 18.2 Å². The highest BCUT2D eigenvalue weighted by molar-refractivity contribution is 5.33. The van der Waals surface area contributed by atoms with Crippen molar-refractivity contribution in [2.24, 2.45) is 0 Å². The van der Waals surface area contributed by atoms with Crippen LogP contribution in [0.2, 0.25) is 0 Å². The molecule has 1 unspecified atom stereocenters. The van der Waals surface area contributed by atoms with Crippen LogP contribution in [0.3, 0.4) is 0 Å². The number of hydrogen-bond acceptors (Lipinski definition) is 3. The van der Waals surface area contributed by atoms with Gasteiger partial charge in [-0.2, -0.15) is 0 Å². The lowest BCUT2D eigenvalue weighted by atomic mass is 10.0. The predicted octanol–water partition coefficient (Wildman–Crippen LogP) is 2.31. The first-order valence-electron chi connectivity index (χ1n) is 7.09. The van der Waals surface area contributed by atoms with Gasteiger partial charge < -0.3 is 15.0 Å². The summed E-state index contributed by atoms with van der Waals surface area (Å²) < 4.78 is 5.41. The molecular formula is C16H26N2O. The number of ether oxygens (including phenoxy) is 1. The maximum atomic E-state index is 5.41. The van der Waals surface area contributed by atoms with Crippen LogP contribution in [0.4, 0.5) is 0 Å². The van der Waals surface area contributed by atoms with Crippen LogP contribution >= 0.6 is 0 Å². The number of hydrogen-bond donors (Lipinski definition) is 1. The molecule has 1 aromatic carbocycles. The average molecular weight is 262 g/mol. The highest BCUT2D eigenvalue weighted by Gasteiger charge is 2.32. The van der Waals surface area contributed by atoms with Crippen molar-refractivity contribution in [3.05, 3.63) is 29.8 Å². The zero-order valence-electron chi connectivity index (χ0n) is 12.6. The van der Waals surface area contributed by atoms with Crippen LogP contribution in [0.25, 0.3) is 0 Å². The molecule has 2 rings (SSSR count). The van der Waals surface area contributed by atoms with Gasteiger partial charge in [0.2, 0.25) is 0 Å². The number of benzene rings is 1. The summed E-state index contributed by atoms with van der Waals surface area (Å²) in [5.41, 5.74) is 1.57. The Morgan fingerprint density at radius 1 is 1.37 bits per heavy atom. The van der Waals surface area contributed by atoms with Crippen molar-refractivity contribution in [1.29, 1.82) is 0 Å². The first-order valence-corrected chi connectivity index (χ1v) is 7.09. The molecule has 1 aliphatic rings. The zero-order valence-corrected chi connectivity index (χ0v) is 12.6. The Morgan fingerprint density at radius 3 is 2.74 bits per heavy atom. The van der Waals surface area contributed by atoms with Crippen molar-refractivity contribution in [3.63, 3.8) is 0 Å². The summed E-state index contributed by atoms with van der Waals surface area (Å²) in [5.74, 6) is 1.00. The Labute approximate surface area is 116 Å². The van der Waals surface area contributed by atoms with Crippen molar-refractivity contribution >= 4 is 0 Å². The van der Waals surface area contributed by atoms with Gasteiger partial charge in [-0.05, 0) is 45.4 Å². The molecule has 106 valence electrons. The van der Waals surface area contributed by atoms with Crippen LogP contribution in [0, 0.1) is 0 Å². The molecule has 0 amide bonds. The minimum Gasteiger partial charge on any atom is -0.496 e. The molecule has 1 heterocycles. The molecule has 1 fully saturated rings. The molecule has 1 N–H and O–H groups in total. The third-order valence-corrected chi connectivity index (χ3v) is 4.11. The van der Waals surface area contributed by atoms with Crippen molar-refractivity contribution in [2.45, 2.75) is 38.3 Å². The van der Waals surface area contributed by atoms with Gasteiger partial charge in [-0.15, -0.1) is 0 Å². The van der Waals surface area contributed by atoms with Gasteiger partial charge >= 0.3 is 0 Å². The van der Waals surface area contributed by atoms with Gasteiger partial charge in [-0.25, -0.2) is 0 Å². The first-order chi connectivity index (χ1) is 9.02. The van der Waals surface area contributed by atoms with Gasteiger partial charge in [0, 0.05) is 24.7 Å². The minimum atomic E-state index is 0.281. The molecule has 3 nitrogen and oxygen atoms in total. The van der Waals surface area contributed by atoms with Gasteiger partial charge in [0.15, 0.2) is 0 Å². The van der Waals surface area contributed by atoms with Crippen LogP contribution in [0.15, 0.2) is 24.3 Å². The van der Waals surface area contributed by atoms with E-state index in [1.165, 1.54) is 12.0 Å². The fourth-order valence-corrected chi connectivity index (χ4v) is 2.83. The van der Waals surface area contributed by atoms with Gasteiger partial charge in [-0.3, -0.25) is 0 Å². The Morgan fingerprint density at radius 2 is 2.11 bits per heavy atom. The molecule has 1 saturated heterocycles. The Hall–Kier alpha value is -1.06. The van der Waals surface area contributed by atoms with Crippen LogP contribution in [-0.2, 0) is 6.42 Å². The molecule has 1 aliphatic heterocycles. The summed E-state index contributed by atoms with van der Waals surface area (Å²) in [6.45, 7) is 6.72. The normalized spacial score (nSPS) is 21.8. The molecule has 0 aromatic heterocycles. The number of methoxy groups -OCH3 is 1. The molecule has 0 aliphatic carbocycles. The van der Waals surface area contributed by atoms with Crippen LogP contribution in [0.5, 0.6) is 5.75 Å². The molecular weight excluding hydrogens is 236 g/mol. The third kappa shape index (κ3) is 3.71. The van der Waals surface area contributed by atoms with Gasteiger partial charge in [0.25, 0.3) is 0 Å². The van der Waals surface area contributed by atoms with Crippen LogP contribution in [-0.4, -0.2) is 43.7 Å².